The summed E-state index contributed by atoms with van der Waals surface area (Å²) in [5.74, 6) is 0.377. The van der Waals surface area contributed by atoms with E-state index in [0.29, 0.717) is 25.4 Å². The van der Waals surface area contributed by atoms with Crippen molar-refractivity contribution in [2.24, 2.45) is 11.7 Å². The van der Waals surface area contributed by atoms with Gasteiger partial charge in [0, 0.05) is 13.1 Å². The summed E-state index contributed by atoms with van der Waals surface area (Å²) in [6.07, 6.45) is 2.41. The fourth-order valence-electron chi connectivity index (χ4n) is 1.89. The molecule has 1 aliphatic heterocycles. The van der Waals surface area contributed by atoms with Crippen LogP contribution in [0.1, 0.15) is 19.3 Å². The molecule has 0 aliphatic carbocycles. The maximum absolute atomic E-state index is 11.3. The second-order valence-corrected chi connectivity index (χ2v) is 3.87. The summed E-state index contributed by atoms with van der Waals surface area (Å²) in [7, 11) is 0. The van der Waals surface area contributed by atoms with E-state index in [1.165, 1.54) is 0 Å². The third-order valence-electron chi connectivity index (χ3n) is 2.86. The van der Waals surface area contributed by atoms with Gasteiger partial charge in [0.2, 0.25) is 5.91 Å². The summed E-state index contributed by atoms with van der Waals surface area (Å²) >= 11 is 0. The molecule has 0 atom stereocenters. The normalized spacial score (nSPS) is 17.2. The van der Waals surface area contributed by atoms with Gasteiger partial charge in [-0.1, -0.05) is 0 Å². The first kappa shape index (κ1) is 12.7. The number of carbonyl (C=O) groups excluding carboxylic acids is 1. The molecular formula is C9H17N3O4. The maximum atomic E-state index is 11.3. The van der Waals surface area contributed by atoms with Gasteiger partial charge in [-0.15, -0.1) is 10.1 Å². The van der Waals surface area contributed by atoms with Crippen LogP contribution in [0, 0.1) is 16.0 Å². The molecule has 0 radical (unpaired) electrons. The summed E-state index contributed by atoms with van der Waals surface area (Å²) in [4.78, 5) is 27.2. The monoisotopic (exact) mass is 231 g/mol. The van der Waals surface area contributed by atoms with E-state index in [1.807, 2.05) is 0 Å². The summed E-state index contributed by atoms with van der Waals surface area (Å²) in [5, 5.41) is 9.17. The Balaban J connectivity index is 2.17. The highest BCUT2D eigenvalue weighted by Crippen LogP contribution is 2.20. The van der Waals surface area contributed by atoms with Crippen LogP contribution < -0.4 is 5.73 Å². The van der Waals surface area contributed by atoms with Gasteiger partial charge in [-0.3, -0.25) is 4.79 Å². The third-order valence-corrected chi connectivity index (χ3v) is 2.86. The average Bonchev–Trinajstić information content (AvgIpc) is 2.28. The molecule has 7 nitrogen and oxygen atoms in total. The number of hydrogen-bond acceptors (Lipinski definition) is 5. The molecule has 1 heterocycles. The van der Waals surface area contributed by atoms with Gasteiger partial charge >= 0.3 is 0 Å². The van der Waals surface area contributed by atoms with Crippen molar-refractivity contribution in [2.45, 2.75) is 19.3 Å². The Hall–Kier alpha value is -1.37. The highest BCUT2D eigenvalue weighted by Gasteiger charge is 2.21. The summed E-state index contributed by atoms with van der Waals surface area (Å²) in [6.45, 7) is 1.58. The van der Waals surface area contributed by atoms with Crippen LogP contribution in [0.25, 0.3) is 0 Å². The van der Waals surface area contributed by atoms with Gasteiger partial charge < -0.3 is 15.5 Å². The van der Waals surface area contributed by atoms with Crippen molar-refractivity contribution < 1.29 is 14.7 Å². The van der Waals surface area contributed by atoms with Gasteiger partial charge in [-0.05, 0) is 25.2 Å². The second-order valence-electron chi connectivity index (χ2n) is 3.87. The first-order chi connectivity index (χ1) is 7.63. The predicted molar refractivity (Wildman–Crippen MR) is 55.9 cm³/mol. The van der Waals surface area contributed by atoms with Gasteiger partial charge in [0.05, 0.1) is 13.2 Å². The predicted octanol–water partition coefficient (Wildman–Crippen LogP) is -0.218. The lowest BCUT2D eigenvalue weighted by atomic mass is 9.94. The van der Waals surface area contributed by atoms with Crippen LogP contribution in [0.2, 0.25) is 0 Å². The minimum Gasteiger partial charge on any atom is -0.342 e. The molecule has 2 N–H and O–H groups in total. The van der Waals surface area contributed by atoms with E-state index in [9.17, 15) is 14.9 Å². The molecule has 0 aromatic heterocycles. The molecule has 0 aromatic rings. The quantitative estimate of drug-likeness (QED) is 0.521. The van der Waals surface area contributed by atoms with E-state index in [1.54, 1.807) is 4.90 Å². The van der Waals surface area contributed by atoms with Crippen molar-refractivity contribution in [3.63, 3.8) is 0 Å². The summed E-state index contributed by atoms with van der Waals surface area (Å²) in [5.41, 5.74) is 5.26. The lowest BCUT2D eigenvalue weighted by molar-refractivity contribution is -0.758. The molecular weight excluding hydrogens is 214 g/mol. The first-order valence-corrected chi connectivity index (χ1v) is 5.38. The molecule has 1 aliphatic rings. The molecule has 7 heteroatoms. The van der Waals surface area contributed by atoms with Crippen LogP contribution in [0.15, 0.2) is 0 Å². The van der Waals surface area contributed by atoms with Gasteiger partial charge in [-0.25, -0.2) is 0 Å². The molecule has 1 amide bonds. The Morgan fingerprint density at radius 3 is 2.62 bits per heavy atom. The summed E-state index contributed by atoms with van der Waals surface area (Å²) in [6, 6.07) is 0. The number of amides is 1. The van der Waals surface area contributed by atoms with Gasteiger partial charge in [0.15, 0.2) is 0 Å². The Kier molecular flexibility index (Phi) is 4.97. The largest absolute Gasteiger partial charge is 0.342 e. The van der Waals surface area contributed by atoms with Gasteiger partial charge in [-0.2, -0.15) is 0 Å². The average molecular weight is 231 g/mol. The number of piperidine rings is 1. The molecule has 0 saturated carbocycles. The van der Waals surface area contributed by atoms with Crippen molar-refractivity contribution in [3.8, 4) is 0 Å². The number of rotatable bonds is 5. The van der Waals surface area contributed by atoms with E-state index in [-0.39, 0.29) is 19.1 Å². The fourth-order valence-corrected chi connectivity index (χ4v) is 1.89. The smallest absolute Gasteiger partial charge is 0.294 e. The van der Waals surface area contributed by atoms with E-state index in [4.69, 9.17) is 5.73 Å². The summed E-state index contributed by atoms with van der Waals surface area (Å²) < 4.78 is 0. The fraction of sp³-hybridized carbons (Fsp3) is 0.889. The topological polar surface area (TPSA) is 98.7 Å². The minimum atomic E-state index is -0.771. The number of hydrogen-bond donors (Lipinski definition) is 1. The van der Waals surface area contributed by atoms with Crippen LogP contribution in [-0.2, 0) is 9.63 Å². The molecule has 16 heavy (non-hydrogen) atoms. The zero-order valence-corrected chi connectivity index (χ0v) is 9.13. The Morgan fingerprint density at radius 2 is 2.12 bits per heavy atom. The van der Waals surface area contributed by atoms with Crippen molar-refractivity contribution in [1.82, 2.24) is 4.90 Å². The second kappa shape index (κ2) is 6.26. The van der Waals surface area contributed by atoms with Gasteiger partial charge in [0.25, 0.3) is 5.09 Å². The molecule has 0 spiro atoms. The van der Waals surface area contributed by atoms with Crippen molar-refractivity contribution in [3.05, 3.63) is 10.1 Å². The molecule has 0 unspecified atom stereocenters. The highest BCUT2D eigenvalue weighted by atomic mass is 16.9. The van der Waals surface area contributed by atoms with E-state index in [2.05, 4.69) is 4.84 Å². The molecule has 1 saturated heterocycles. The third kappa shape index (κ3) is 4.01. The molecule has 0 bridgehead atoms. The number of nitrogens with zero attached hydrogens (tertiary/aromatic N) is 2. The van der Waals surface area contributed by atoms with Crippen molar-refractivity contribution in [2.75, 3.05) is 26.2 Å². The molecule has 1 rings (SSSR count). The van der Waals surface area contributed by atoms with Crippen LogP contribution in [0.3, 0.4) is 0 Å². The SMILES string of the molecule is NCC(=O)N1CCC(CCO[N+](=O)[O-])CC1. The Bertz CT molecular complexity index is 251. The van der Waals surface area contributed by atoms with Crippen LogP contribution in [0.4, 0.5) is 0 Å². The standard InChI is InChI=1S/C9H17N3O4/c10-7-9(13)11-4-1-8(2-5-11)3-6-16-12(14)15/h8H,1-7,10H2. The molecule has 1 fully saturated rings. The molecule has 0 aromatic carbocycles. The van der Waals surface area contributed by atoms with Crippen LogP contribution in [-0.4, -0.2) is 42.1 Å². The van der Waals surface area contributed by atoms with Crippen LogP contribution in [0.5, 0.6) is 0 Å². The van der Waals surface area contributed by atoms with Crippen molar-refractivity contribution in [1.29, 1.82) is 0 Å². The highest BCUT2D eigenvalue weighted by molar-refractivity contribution is 5.78. The number of nitrogens with two attached hydrogens (primary N) is 1. The zero-order chi connectivity index (χ0) is 12.0. The van der Waals surface area contributed by atoms with E-state index in [0.717, 1.165) is 12.8 Å². The Labute approximate surface area is 93.6 Å². The zero-order valence-electron chi connectivity index (χ0n) is 9.13. The maximum Gasteiger partial charge on any atom is 0.294 e. The van der Waals surface area contributed by atoms with Crippen molar-refractivity contribution >= 4 is 5.91 Å². The lowest BCUT2D eigenvalue weighted by Gasteiger charge is -2.31. The number of carbonyl (C=O) groups is 1. The van der Waals surface area contributed by atoms with E-state index >= 15 is 0 Å². The molecule has 92 valence electrons. The lowest BCUT2D eigenvalue weighted by Crippen LogP contribution is -2.41. The minimum absolute atomic E-state index is 0.0278. The van der Waals surface area contributed by atoms with Crippen LogP contribution >= 0.6 is 0 Å². The first-order valence-electron chi connectivity index (χ1n) is 5.38. The number of likely N-dealkylation sites (tertiary alicyclic amines) is 1. The Morgan fingerprint density at radius 1 is 1.50 bits per heavy atom. The van der Waals surface area contributed by atoms with Gasteiger partial charge in [0.1, 0.15) is 0 Å². The van der Waals surface area contributed by atoms with E-state index < -0.39 is 5.09 Å².